The SMILES string of the molecule is C1=Cc2ccccc2CCC1.O=C1CCCCc2ccccc21.OC1CCCCc2ccccc21. The number of ketones is 1. The first-order valence-electron chi connectivity index (χ1n) is 13.3. The van der Waals surface area contributed by atoms with Gasteiger partial charge in [-0.2, -0.15) is 0 Å². The zero-order chi connectivity index (χ0) is 24.3. The number of aliphatic hydroxyl groups is 1. The van der Waals surface area contributed by atoms with Gasteiger partial charge in [0.15, 0.2) is 5.78 Å². The first kappa shape index (κ1) is 25.1. The molecule has 6 rings (SSSR count). The van der Waals surface area contributed by atoms with E-state index in [1.54, 1.807) is 0 Å². The number of carbonyl (C=O) groups excluding carboxylic acids is 1. The van der Waals surface area contributed by atoms with E-state index in [9.17, 15) is 9.90 Å². The van der Waals surface area contributed by atoms with Crippen molar-refractivity contribution < 1.29 is 9.90 Å². The van der Waals surface area contributed by atoms with Crippen LogP contribution in [0.5, 0.6) is 0 Å². The molecule has 2 nitrogen and oxygen atoms in total. The maximum absolute atomic E-state index is 11.5. The van der Waals surface area contributed by atoms with Gasteiger partial charge < -0.3 is 5.11 Å². The smallest absolute Gasteiger partial charge is 0.163 e. The van der Waals surface area contributed by atoms with Crippen molar-refractivity contribution in [3.8, 4) is 0 Å². The number of aryl methyl sites for hydroxylation is 3. The van der Waals surface area contributed by atoms with E-state index in [4.69, 9.17) is 0 Å². The highest BCUT2D eigenvalue weighted by Crippen LogP contribution is 2.27. The van der Waals surface area contributed by atoms with Crippen LogP contribution in [0.2, 0.25) is 0 Å². The van der Waals surface area contributed by atoms with E-state index >= 15 is 0 Å². The molecule has 182 valence electrons. The molecule has 0 spiro atoms. The number of aliphatic hydroxyl groups excluding tert-OH is 1. The van der Waals surface area contributed by atoms with Crippen LogP contribution in [0.4, 0.5) is 0 Å². The molecule has 0 heterocycles. The molecule has 0 aromatic heterocycles. The average Bonchev–Trinajstić information content (AvgIpc) is 3.34. The van der Waals surface area contributed by atoms with Gasteiger partial charge in [0.25, 0.3) is 0 Å². The fourth-order valence-corrected chi connectivity index (χ4v) is 5.19. The van der Waals surface area contributed by atoms with E-state index in [1.807, 2.05) is 30.3 Å². The summed E-state index contributed by atoms with van der Waals surface area (Å²) in [5.41, 5.74) is 7.58. The highest BCUT2D eigenvalue weighted by molar-refractivity contribution is 5.97. The molecule has 35 heavy (non-hydrogen) atoms. The van der Waals surface area contributed by atoms with Crippen molar-refractivity contribution in [1.82, 2.24) is 0 Å². The summed E-state index contributed by atoms with van der Waals surface area (Å²) in [5, 5.41) is 9.74. The van der Waals surface area contributed by atoms with Gasteiger partial charge in [-0.25, -0.2) is 0 Å². The Hall–Kier alpha value is -2.97. The van der Waals surface area contributed by atoms with E-state index in [2.05, 4.69) is 54.6 Å². The Bertz CT molecular complexity index is 1130. The quantitative estimate of drug-likeness (QED) is 0.340. The van der Waals surface area contributed by atoms with Crippen molar-refractivity contribution in [2.24, 2.45) is 0 Å². The fraction of sp³-hybridized carbons (Fsp3) is 0.364. The Morgan fingerprint density at radius 2 is 1.26 bits per heavy atom. The van der Waals surface area contributed by atoms with E-state index in [-0.39, 0.29) is 6.10 Å². The van der Waals surface area contributed by atoms with Crippen LogP contribution in [0.15, 0.2) is 78.9 Å². The Kier molecular flexibility index (Phi) is 9.48. The van der Waals surface area contributed by atoms with Gasteiger partial charge in [0.05, 0.1) is 6.10 Å². The Morgan fingerprint density at radius 1 is 0.629 bits per heavy atom. The van der Waals surface area contributed by atoms with Gasteiger partial charge in [-0.3, -0.25) is 4.79 Å². The first-order chi connectivity index (χ1) is 17.2. The third kappa shape index (κ3) is 7.26. The normalized spacial score (nSPS) is 18.5. The molecule has 3 aliphatic rings. The number of carbonyl (C=O) groups is 1. The van der Waals surface area contributed by atoms with E-state index in [1.165, 1.54) is 47.9 Å². The third-order valence-electron chi connectivity index (χ3n) is 7.17. The van der Waals surface area contributed by atoms with Crippen molar-refractivity contribution in [3.63, 3.8) is 0 Å². The van der Waals surface area contributed by atoms with Crippen LogP contribution in [0.25, 0.3) is 6.08 Å². The monoisotopic (exact) mass is 466 g/mol. The van der Waals surface area contributed by atoms with Crippen LogP contribution in [-0.4, -0.2) is 10.9 Å². The summed E-state index contributed by atoms with van der Waals surface area (Å²) in [4.78, 5) is 11.5. The zero-order valence-corrected chi connectivity index (χ0v) is 20.8. The van der Waals surface area contributed by atoms with Gasteiger partial charge in [0.2, 0.25) is 0 Å². The molecule has 1 N–H and O–H groups in total. The molecule has 0 bridgehead atoms. The minimum atomic E-state index is -0.219. The molecule has 3 aromatic carbocycles. The first-order valence-corrected chi connectivity index (χ1v) is 13.3. The number of benzene rings is 3. The van der Waals surface area contributed by atoms with Gasteiger partial charge in [0.1, 0.15) is 0 Å². The fourth-order valence-electron chi connectivity index (χ4n) is 5.19. The lowest BCUT2D eigenvalue weighted by molar-refractivity contribution is 0.0982. The largest absolute Gasteiger partial charge is 0.388 e. The second-order valence-corrected chi connectivity index (χ2v) is 9.74. The Balaban J connectivity index is 0.000000124. The van der Waals surface area contributed by atoms with Gasteiger partial charge >= 0.3 is 0 Å². The summed E-state index contributed by atoms with van der Waals surface area (Å²) in [6.07, 6.45) is 16.5. The molecule has 1 atom stereocenters. The molecule has 0 saturated heterocycles. The zero-order valence-electron chi connectivity index (χ0n) is 20.8. The number of fused-ring (bicyclic) bond motifs is 3. The van der Waals surface area contributed by atoms with Crippen LogP contribution in [0.3, 0.4) is 0 Å². The second kappa shape index (κ2) is 13.2. The lowest BCUT2D eigenvalue weighted by Gasteiger charge is -2.10. The Morgan fingerprint density at radius 3 is 2.14 bits per heavy atom. The summed E-state index contributed by atoms with van der Waals surface area (Å²) >= 11 is 0. The lowest BCUT2D eigenvalue weighted by atomic mass is 10.0. The maximum Gasteiger partial charge on any atom is 0.163 e. The van der Waals surface area contributed by atoms with E-state index in [0.717, 1.165) is 56.1 Å². The summed E-state index contributed by atoms with van der Waals surface area (Å²) < 4.78 is 0. The number of rotatable bonds is 0. The number of allylic oxidation sites excluding steroid dienone is 1. The maximum atomic E-state index is 11.5. The van der Waals surface area contributed by atoms with E-state index in [0.29, 0.717) is 5.78 Å². The molecule has 1 unspecified atom stereocenters. The molecule has 2 heteroatoms. The van der Waals surface area contributed by atoms with Crippen molar-refractivity contribution in [2.75, 3.05) is 0 Å². The summed E-state index contributed by atoms with van der Waals surface area (Å²) in [6.45, 7) is 0. The third-order valence-corrected chi connectivity index (χ3v) is 7.17. The molecular weight excluding hydrogens is 428 g/mol. The van der Waals surface area contributed by atoms with Crippen LogP contribution in [0.1, 0.15) is 95.6 Å². The molecule has 3 aliphatic carbocycles. The predicted molar refractivity (Wildman–Crippen MR) is 146 cm³/mol. The molecule has 0 aliphatic heterocycles. The highest BCUT2D eigenvalue weighted by Gasteiger charge is 2.15. The van der Waals surface area contributed by atoms with Gasteiger partial charge in [-0.15, -0.1) is 0 Å². The lowest BCUT2D eigenvalue weighted by Crippen LogP contribution is -1.98. The summed E-state index contributed by atoms with van der Waals surface area (Å²) in [5.74, 6) is 0.322. The average molecular weight is 467 g/mol. The summed E-state index contributed by atoms with van der Waals surface area (Å²) in [6, 6.07) is 24.9. The summed E-state index contributed by atoms with van der Waals surface area (Å²) in [7, 11) is 0. The number of Topliss-reactive ketones (excluding diaryl/α,β-unsaturated/α-hetero) is 1. The van der Waals surface area contributed by atoms with Crippen LogP contribution < -0.4 is 0 Å². The van der Waals surface area contributed by atoms with Gasteiger partial charge in [-0.1, -0.05) is 91.4 Å². The van der Waals surface area contributed by atoms with E-state index < -0.39 is 0 Å². The highest BCUT2D eigenvalue weighted by atomic mass is 16.3. The molecule has 0 amide bonds. The Labute approximate surface area is 210 Å². The molecule has 3 aromatic rings. The van der Waals surface area contributed by atoms with Crippen molar-refractivity contribution in [3.05, 3.63) is 112 Å². The second-order valence-electron chi connectivity index (χ2n) is 9.74. The van der Waals surface area contributed by atoms with Crippen LogP contribution in [-0.2, 0) is 19.3 Å². The van der Waals surface area contributed by atoms with Crippen LogP contribution >= 0.6 is 0 Å². The van der Waals surface area contributed by atoms with Crippen molar-refractivity contribution in [1.29, 1.82) is 0 Å². The van der Waals surface area contributed by atoms with Crippen molar-refractivity contribution >= 4 is 11.9 Å². The minimum absolute atomic E-state index is 0.219. The van der Waals surface area contributed by atoms with Crippen LogP contribution in [0, 0.1) is 0 Å². The molecule has 0 saturated carbocycles. The van der Waals surface area contributed by atoms with Crippen molar-refractivity contribution in [2.45, 2.75) is 76.7 Å². The molecular formula is C33H38O2. The predicted octanol–water partition coefficient (Wildman–Crippen LogP) is 8.08. The molecule has 0 fully saturated rings. The number of hydrogen-bond donors (Lipinski definition) is 1. The van der Waals surface area contributed by atoms with Gasteiger partial charge in [-0.05, 0) is 85.6 Å². The molecule has 0 radical (unpaired) electrons. The van der Waals surface area contributed by atoms with Gasteiger partial charge in [0, 0.05) is 12.0 Å². The number of hydrogen-bond acceptors (Lipinski definition) is 2. The standard InChI is InChI=1S/C11H14O.C11H12O.C11H12/c2*12-11-8-4-2-6-9-5-1-3-7-10(9)11;1-2-6-10-8-4-5-9-11(10)7-3-1/h1,3,5,7,11-12H,2,4,6,8H2;1,3,5,7H,2,4,6,8H2;2,4-6,8-9H,1,3,7H2. The topological polar surface area (TPSA) is 37.3 Å². The minimum Gasteiger partial charge on any atom is -0.388 e.